The van der Waals surface area contributed by atoms with Gasteiger partial charge in [0.2, 0.25) is 5.91 Å². The fourth-order valence-electron chi connectivity index (χ4n) is 2.75. The quantitative estimate of drug-likeness (QED) is 0.714. The van der Waals surface area contributed by atoms with E-state index in [-0.39, 0.29) is 5.91 Å². The van der Waals surface area contributed by atoms with Gasteiger partial charge in [0.1, 0.15) is 0 Å². The monoisotopic (exact) mass is 408 g/mol. The first-order valence-corrected chi connectivity index (χ1v) is 9.33. The maximum Gasteiger partial charge on any atom is 0.238 e. The molecule has 0 bridgehead atoms. The molecule has 0 spiro atoms. The van der Waals surface area contributed by atoms with Crippen molar-refractivity contribution in [3.8, 4) is 6.07 Å². The number of hydrogen-bond donors (Lipinski definition) is 1. The molecule has 0 atom stereocenters. The number of anilines is 1. The highest BCUT2D eigenvalue weighted by atomic mass is 79.9. The van der Waals surface area contributed by atoms with Crippen molar-refractivity contribution in [2.45, 2.75) is 13.3 Å². The number of morpholine rings is 1. The van der Waals surface area contributed by atoms with Gasteiger partial charge in [-0.25, -0.2) is 0 Å². The number of aryl methyl sites for hydroxylation is 1. The number of carbonyl (C=O) groups is 1. The number of nitrogens with one attached hydrogen (secondary N) is 1. The molecule has 1 aromatic carbocycles. The highest BCUT2D eigenvalue weighted by molar-refractivity contribution is 9.10. The van der Waals surface area contributed by atoms with E-state index in [0.717, 1.165) is 55.1 Å². The van der Waals surface area contributed by atoms with Crippen LogP contribution in [0.1, 0.15) is 12.0 Å². The molecule has 25 heavy (non-hydrogen) atoms. The van der Waals surface area contributed by atoms with E-state index in [9.17, 15) is 4.79 Å². The van der Waals surface area contributed by atoms with Gasteiger partial charge in [-0.15, -0.1) is 0 Å². The van der Waals surface area contributed by atoms with Crippen molar-refractivity contribution >= 4 is 27.5 Å². The van der Waals surface area contributed by atoms with E-state index in [1.54, 1.807) is 0 Å². The number of nitriles is 1. The molecule has 0 aromatic heterocycles. The molecule has 0 unspecified atom stereocenters. The lowest BCUT2D eigenvalue weighted by atomic mass is 10.2. The molecule has 1 aromatic rings. The first-order chi connectivity index (χ1) is 12.1. The second-order valence-corrected chi connectivity index (χ2v) is 7.06. The predicted octanol–water partition coefficient (Wildman–Crippen LogP) is 2.24. The number of ether oxygens (including phenoxy) is 1. The number of halogens is 1. The Balaban J connectivity index is 1.86. The molecule has 2 rings (SSSR count). The Bertz CT molecular complexity index is 612. The van der Waals surface area contributed by atoms with Gasteiger partial charge >= 0.3 is 0 Å². The first kappa shape index (κ1) is 19.9. The van der Waals surface area contributed by atoms with Crippen LogP contribution in [0.25, 0.3) is 0 Å². The minimum atomic E-state index is -0.0506. The highest BCUT2D eigenvalue weighted by Gasteiger charge is 2.15. The smallest absolute Gasteiger partial charge is 0.238 e. The third-order valence-corrected chi connectivity index (χ3v) is 4.70. The largest absolute Gasteiger partial charge is 0.379 e. The Morgan fingerprint density at radius 1 is 1.40 bits per heavy atom. The fraction of sp³-hybridized carbons (Fsp3) is 0.556. The zero-order valence-corrected chi connectivity index (χ0v) is 16.2. The van der Waals surface area contributed by atoms with Crippen LogP contribution in [0, 0.1) is 18.3 Å². The molecule has 1 aliphatic heterocycles. The molecule has 0 aliphatic carbocycles. The number of hydrogen-bond acceptors (Lipinski definition) is 5. The van der Waals surface area contributed by atoms with Crippen LogP contribution in [0.3, 0.4) is 0 Å². The van der Waals surface area contributed by atoms with Crippen LogP contribution < -0.4 is 5.32 Å². The van der Waals surface area contributed by atoms with Gasteiger partial charge in [-0.2, -0.15) is 5.26 Å². The lowest BCUT2D eigenvalue weighted by Gasteiger charge is -2.29. The molecule has 1 saturated heterocycles. The van der Waals surface area contributed by atoms with Crippen LogP contribution in [0.5, 0.6) is 0 Å². The second kappa shape index (κ2) is 10.5. The van der Waals surface area contributed by atoms with Gasteiger partial charge in [0.25, 0.3) is 0 Å². The summed E-state index contributed by atoms with van der Waals surface area (Å²) in [4.78, 5) is 16.8. The van der Waals surface area contributed by atoms with Crippen LogP contribution in [0.4, 0.5) is 5.69 Å². The van der Waals surface area contributed by atoms with Crippen molar-refractivity contribution in [1.82, 2.24) is 9.80 Å². The third-order valence-electron chi connectivity index (χ3n) is 4.21. The summed E-state index contributed by atoms with van der Waals surface area (Å²) in [6.45, 7) is 7.91. The van der Waals surface area contributed by atoms with Gasteiger partial charge in [0.15, 0.2) is 0 Å². The molecular weight excluding hydrogens is 384 g/mol. The number of benzene rings is 1. The van der Waals surface area contributed by atoms with E-state index in [2.05, 4.69) is 32.2 Å². The van der Waals surface area contributed by atoms with Gasteiger partial charge < -0.3 is 10.1 Å². The second-order valence-electron chi connectivity index (χ2n) is 6.15. The van der Waals surface area contributed by atoms with Crippen molar-refractivity contribution in [3.05, 3.63) is 28.2 Å². The number of amides is 1. The lowest BCUT2D eigenvalue weighted by Crippen LogP contribution is -2.43. The zero-order chi connectivity index (χ0) is 18.1. The topological polar surface area (TPSA) is 68.6 Å². The molecule has 7 heteroatoms. The average molecular weight is 409 g/mol. The summed E-state index contributed by atoms with van der Waals surface area (Å²) in [7, 11) is 0. The summed E-state index contributed by atoms with van der Waals surface area (Å²) in [5.74, 6) is -0.0506. The predicted molar refractivity (Wildman–Crippen MR) is 101 cm³/mol. The Kier molecular flexibility index (Phi) is 8.35. The first-order valence-electron chi connectivity index (χ1n) is 8.54. The summed E-state index contributed by atoms with van der Waals surface area (Å²) in [6.07, 6.45) is 0.424. The SMILES string of the molecule is Cc1cc(Br)ccc1NC(=O)CN(CCC#N)CCN1CCOCC1. The summed E-state index contributed by atoms with van der Waals surface area (Å²) in [5, 5.41) is 11.8. The van der Waals surface area contributed by atoms with Crippen molar-refractivity contribution in [3.63, 3.8) is 0 Å². The molecule has 6 nitrogen and oxygen atoms in total. The van der Waals surface area contributed by atoms with Gasteiger partial charge in [0.05, 0.1) is 25.8 Å². The van der Waals surface area contributed by atoms with Gasteiger partial charge in [-0.05, 0) is 30.7 Å². The molecule has 0 saturated carbocycles. The van der Waals surface area contributed by atoms with E-state index in [0.29, 0.717) is 19.5 Å². The van der Waals surface area contributed by atoms with Crippen LogP contribution in [0.15, 0.2) is 22.7 Å². The minimum Gasteiger partial charge on any atom is -0.379 e. The maximum absolute atomic E-state index is 12.4. The van der Waals surface area contributed by atoms with Crippen LogP contribution in [-0.2, 0) is 9.53 Å². The Morgan fingerprint density at radius 3 is 2.84 bits per heavy atom. The fourth-order valence-corrected chi connectivity index (χ4v) is 3.22. The molecular formula is C18H25BrN4O2. The van der Waals surface area contributed by atoms with E-state index < -0.39 is 0 Å². The minimum absolute atomic E-state index is 0.0506. The summed E-state index contributed by atoms with van der Waals surface area (Å²) >= 11 is 3.42. The van der Waals surface area contributed by atoms with Crippen molar-refractivity contribution in [1.29, 1.82) is 5.26 Å². The molecule has 136 valence electrons. The average Bonchev–Trinajstić information content (AvgIpc) is 2.60. The van der Waals surface area contributed by atoms with Gasteiger partial charge in [-0.1, -0.05) is 15.9 Å². The summed E-state index contributed by atoms with van der Waals surface area (Å²) in [6, 6.07) is 7.94. The van der Waals surface area contributed by atoms with E-state index >= 15 is 0 Å². The molecule has 1 aliphatic rings. The van der Waals surface area contributed by atoms with E-state index in [4.69, 9.17) is 10.00 Å². The number of rotatable bonds is 8. The third kappa shape index (κ3) is 7.12. The van der Waals surface area contributed by atoms with Crippen molar-refractivity contribution < 1.29 is 9.53 Å². The summed E-state index contributed by atoms with van der Waals surface area (Å²) in [5.41, 5.74) is 1.83. The maximum atomic E-state index is 12.4. The van der Waals surface area contributed by atoms with Gasteiger partial charge in [-0.3, -0.25) is 14.6 Å². The lowest BCUT2D eigenvalue weighted by molar-refractivity contribution is -0.117. The van der Waals surface area contributed by atoms with Crippen LogP contribution >= 0.6 is 15.9 Å². The molecule has 1 fully saturated rings. The molecule has 0 radical (unpaired) electrons. The molecule has 1 heterocycles. The van der Waals surface area contributed by atoms with E-state index in [1.807, 2.05) is 30.0 Å². The van der Waals surface area contributed by atoms with Gasteiger partial charge in [0, 0.05) is 49.3 Å². The Morgan fingerprint density at radius 2 is 2.16 bits per heavy atom. The summed E-state index contributed by atoms with van der Waals surface area (Å²) < 4.78 is 6.35. The molecule has 1 N–H and O–H groups in total. The van der Waals surface area contributed by atoms with Crippen molar-refractivity contribution in [2.24, 2.45) is 0 Å². The molecule has 1 amide bonds. The normalized spacial score (nSPS) is 15.1. The number of carbonyl (C=O) groups excluding carboxylic acids is 1. The van der Waals surface area contributed by atoms with Crippen LogP contribution in [-0.4, -0.2) is 68.2 Å². The van der Waals surface area contributed by atoms with E-state index in [1.165, 1.54) is 0 Å². The number of nitrogens with zero attached hydrogens (tertiary/aromatic N) is 3. The standard InChI is InChI=1S/C18H25BrN4O2/c1-15-13-16(19)3-4-17(15)21-18(24)14-23(6-2-5-20)8-7-22-9-11-25-12-10-22/h3-4,13H,2,6-12,14H2,1H3,(H,21,24). The Labute approximate surface area is 157 Å². The Hall–Kier alpha value is -1.46. The highest BCUT2D eigenvalue weighted by Crippen LogP contribution is 2.19. The van der Waals surface area contributed by atoms with Crippen molar-refractivity contribution in [2.75, 3.05) is 57.8 Å². The zero-order valence-electron chi connectivity index (χ0n) is 14.6. The van der Waals surface area contributed by atoms with Crippen LogP contribution in [0.2, 0.25) is 0 Å².